The molecule has 0 unspecified atom stereocenters. The van der Waals surface area contributed by atoms with Gasteiger partial charge in [-0.2, -0.15) is 0 Å². The molecule has 1 aliphatic rings. The molecule has 0 bridgehead atoms. The van der Waals surface area contributed by atoms with Crippen LogP contribution < -0.4 is 10.6 Å². The Morgan fingerprint density at radius 3 is 2.25 bits per heavy atom. The summed E-state index contributed by atoms with van der Waals surface area (Å²) < 4.78 is 0. The lowest BCUT2D eigenvalue weighted by Gasteiger charge is -2.09. The molecular weight excluding hydrogens is 100 g/mol. The fourth-order valence-corrected chi connectivity index (χ4v) is 0.819. The van der Waals surface area contributed by atoms with Gasteiger partial charge in [0.2, 0.25) is 0 Å². The molecule has 1 heterocycles. The van der Waals surface area contributed by atoms with Crippen molar-refractivity contribution >= 4 is 0 Å². The SMILES string of the molecule is [CH]1CNCCCNC1. The lowest BCUT2D eigenvalue weighted by atomic mass is 10.3. The summed E-state index contributed by atoms with van der Waals surface area (Å²) in [6, 6.07) is 0. The minimum atomic E-state index is 1.06. The molecule has 0 spiro atoms. The number of nitrogens with one attached hydrogen (secondary N) is 2. The zero-order chi connectivity index (χ0) is 5.66. The second kappa shape index (κ2) is 3.87. The van der Waals surface area contributed by atoms with Gasteiger partial charge >= 0.3 is 0 Å². The summed E-state index contributed by atoms with van der Waals surface area (Å²) in [5, 5.41) is 6.58. The van der Waals surface area contributed by atoms with E-state index in [9.17, 15) is 0 Å². The van der Waals surface area contributed by atoms with Crippen LogP contribution in [-0.2, 0) is 0 Å². The lowest BCUT2D eigenvalue weighted by Crippen LogP contribution is -2.29. The highest BCUT2D eigenvalue weighted by Crippen LogP contribution is 1.79. The highest BCUT2D eigenvalue weighted by molar-refractivity contribution is 4.73. The van der Waals surface area contributed by atoms with E-state index in [2.05, 4.69) is 17.1 Å². The van der Waals surface area contributed by atoms with Crippen LogP contribution in [-0.4, -0.2) is 26.2 Å². The van der Waals surface area contributed by atoms with Crippen molar-refractivity contribution in [3.8, 4) is 0 Å². The minimum absolute atomic E-state index is 1.06. The molecule has 0 aliphatic carbocycles. The van der Waals surface area contributed by atoms with E-state index in [1.54, 1.807) is 0 Å². The second-order valence-corrected chi connectivity index (χ2v) is 2.05. The van der Waals surface area contributed by atoms with Gasteiger partial charge in [-0.3, -0.25) is 0 Å². The van der Waals surface area contributed by atoms with Crippen LogP contribution in [0.3, 0.4) is 0 Å². The fraction of sp³-hybridized carbons (Fsp3) is 0.833. The molecule has 0 aromatic rings. The third kappa shape index (κ3) is 2.28. The van der Waals surface area contributed by atoms with Crippen molar-refractivity contribution in [1.82, 2.24) is 10.6 Å². The molecule has 8 heavy (non-hydrogen) atoms. The Bertz CT molecular complexity index is 30.5. The summed E-state index contributed by atoms with van der Waals surface area (Å²) in [5.74, 6) is 0. The summed E-state index contributed by atoms with van der Waals surface area (Å²) in [7, 11) is 0. The van der Waals surface area contributed by atoms with Crippen LogP contribution in [0, 0.1) is 6.42 Å². The summed E-state index contributed by atoms with van der Waals surface area (Å²) in [4.78, 5) is 0. The normalized spacial score (nSPS) is 24.0. The van der Waals surface area contributed by atoms with E-state index >= 15 is 0 Å². The van der Waals surface area contributed by atoms with Crippen LogP contribution in [0.2, 0.25) is 0 Å². The maximum atomic E-state index is 3.29. The van der Waals surface area contributed by atoms with Crippen molar-refractivity contribution in [3.05, 3.63) is 6.42 Å². The predicted octanol–water partition coefficient (Wildman–Crippen LogP) is -0.226. The standard InChI is InChI=1S/C6H13N2/c1-3-7-5-2-6-8-4-1/h1,7-8H,2-6H2. The smallest absolute Gasteiger partial charge is 0.000475 e. The van der Waals surface area contributed by atoms with Gasteiger partial charge < -0.3 is 10.6 Å². The van der Waals surface area contributed by atoms with Crippen molar-refractivity contribution in [1.29, 1.82) is 0 Å². The first-order valence-electron chi connectivity index (χ1n) is 3.23. The summed E-state index contributed by atoms with van der Waals surface area (Å²) in [6.07, 6.45) is 3.48. The Hall–Kier alpha value is -0.0800. The van der Waals surface area contributed by atoms with Gasteiger partial charge in [0.05, 0.1) is 0 Å². The molecule has 1 fully saturated rings. The highest BCUT2D eigenvalue weighted by Gasteiger charge is 1.93. The second-order valence-electron chi connectivity index (χ2n) is 2.05. The van der Waals surface area contributed by atoms with Crippen molar-refractivity contribution in [3.63, 3.8) is 0 Å². The van der Waals surface area contributed by atoms with E-state index in [0.29, 0.717) is 0 Å². The molecule has 0 saturated carbocycles. The van der Waals surface area contributed by atoms with Crippen molar-refractivity contribution in [2.45, 2.75) is 6.42 Å². The Kier molecular flexibility index (Phi) is 2.92. The molecule has 0 aromatic heterocycles. The molecule has 0 aromatic carbocycles. The van der Waals surface area contributed by atoms with E-state index in [1.807, 2.05) is 0 Å². The first kappa shape index (κ1) is 6.05. The molecule has 1 radical (unpaired) electrons. The van der Waals surface area contributed by atoms with Crippen LogP contribution in [0.5, 0.6) is 0 Å². The van der Waals surface area contributed by atoms with Gasteiger partial charge in [0, 0.05) is 0 Å². The third-order valence-corrected chi connectivity index (χ3v) is 1.28. The molecule has 1 rings (SSSR count). The van der Waals surface area contributed by atoms with Gasteiger partial charge in [-0.05, 0) is 39.0 Å². The first-order valence-corrected chi connectivity index (χ1v) is 3.23. The van der Waals surface area contributed by atoms with Gasteiger partial charge in [0.1, 0.15) is 0 Å². The molecule has 0 amide bonds. The predicted molar refractivity (Wildman–Crippen MR) is 34.7 cm³/mol. The maximum absolute atomic E-state index is 3.29. The van der Waals surface area contributed by atoms with E-state index < -0.39 is 0 Å². The van der Waals surface area contributed by atoms with Crippen molar-refractivity contribution in [2.24, 2.45) is 0 Å². The molecule has 0 atom stereocenters. The van der Waals surface area contributed by atoms with E-state index in [4.69, 9.17) is 0 Å². The number of hydrogen-bond acceptors (Lipinski definition) is 2. The Labute approximate surface area is 50.7 Å². The molecule has 2 nitrogen and oxygen atoms in total. The molecule has 1 saturated heterocycles. The Morgan fingerprint density at radius 1 is 1.00 bits per heavy atom. The van der Waals surface area contributed by atoms with Crippen LogP contribution in [0.4, 0.5) is 0 Å². The van der Waals surface area contributed by atoms with Crippen LogP contribution >= 0.6 is 0 Å². The topological polar surface area (TPSA) is 24.1 Å². The summed E-state index contributed by atoms with van der Waals surface area (Å²) in [6.45, 7) is 4.44. The van der Waals surface area contributed by atoms with Gasteiger partial charge in [-0.15, -0.1) is 0 Å². The monoisotopic (exact) mass is 113 g/mol. The zero-order valence-electron chi connectivity index (χ0n) is 5.11. The molecule has 2 N–H and O–H groups in total. The van der Waals surface area contributed by atoms with Crippen LogP contribution in [0.25, 0.3) is 0 Å². The highest BCUT2D eigenvalue weighted by atomic mass is 14.9. The molecule has 47 valence electrons. The molecule has 2 heteroatoms. The first-order chi connectivity index (χ1) is 4.00. The molecule has 1 aliphatic heterocycles. The van der Waals surface area contributed by atoms with E-state index in [1.165, 1.54) is 6.42 Å². The maximum Gasteiger partial charge on any atom is -0.000475 e. The Morgan fingerprint density at radius 2 is 1.62 bits per heavy atom. The van der Waals surface area contributed by atoms with Gasteiger partial charge in [0.15, 0.2) is 0 Å². The lowest BCUT2D eigenvalue weighted by molar-refractivity contribution is 0.583. The van der Waals surface area contributed by atoms with Gasteiger partial charge in [-0.1, -0.05) is 0 Å². The van der Waals surface area contributed by atoms with Gasteiger partial charge in [0.25, 0.3) is 0 Å². The van der Waals surface area contributed by atoms with E-state index in [0.717, 1.165) is 26.2 Å². The van der Waals surface area contributed by atoms with Crippen molar-refractivity contribution < 1.29 is 0 Å². The molecular formula is C6H13N2. The summed E-state index contributed by atoms with van der Waals surface area (Å²) >= 11 is 0. The fourth-order valence-electron chi connectivity index (χ4n) is 0.819. The Balaban J connectivity index is 2.00. The zero-order valence-corrected chi connectivity index (χ0v) is 5.11. The third-order valence-electron chi connectivity index (χ3n) is 1.28. The average Bonchev–Trinajstić information content (AvgIpc) is 1.62. The van der Waals surface area contributed by atoms with E-state index in [-0.39, 0.29) is 0 Å². The van der Waals surface area contributed by atoms with Crippen LogP contribution in [0.15, 0.2) is 0 Å². The quantitative estimate of drug-likeness (QED) is 0.453. The van der Waals surface area contributed by atoms with Gasteiger partial charge in [-0.25, -0.2) is 0 Å². The largest absolute Gasteiger partial charge is 0.316 e. The number of rotatable bonds is 0. The van der Waals surface area contributed by atoms with Crippen molar-refractivity contribution in [2.75, 3.05) is 26.2 Å². The minimum Gasteiger partial charge on any atom is -0.316 e. The average molecular weight is 113 g/mol. The number of hydrogen-bond donors (Lipinski definition) is 2. The summed E-state index contributed by atoms with van der Waals surface area (Å²) in [5.41, 5.74) is 0. The van der Waals surface area contributed by atoms with Crippen LogP contribution in [0.1, 0.15) is 6.42 Å².